The Bertz CT molecular complexity index is 596. The maximum atomic E-state index is 14.3. The van der Waals surface area contributed by atoms with Gasteiger partial charge in [0.2, 0.25) is 5.95 Å². The first-order chi connectivity index (χ1) is 11.5. The van der Waals surface area contributed by atoms with Gasteiger partial charge in [-0.2, -0.15) is 9.49 Å². The summed E-state index contributed by atoms with van der Waals surface area (Å²) >= 11 is 5.43. The molecule has 7 heteroatoms. The predicted molar refractivity (Wildman–Crippen MR) is 90.7 cm³/mol. The average molecular weight is 359 g/mol. The number of thiocarbonyl (C=S) groups is 1. The number of hydrogen-bond donors (Lipinski definition) is 0. The number of aromatic nitrogens is 2. The molecule has 0 aromatic carbocycles. The minimum absolute atomic E-state index is 0.182. The summed E-state index contributed by atoms with van der Waals surface area (Å²) in [5.74, 6) is -0.0842. The van der Waals surface area contributed by atoms with Crippen molar-refractivity contribution >= 4 is 17.2 Å². The molecule has 1 saturated carbocycles. The summed E-state index contributed by atoms with van der Waals surface area (Å²) in [5, 5.41) is 3.62. The number of hydrogen-bond acceptors (Lipinski definition) is 2. The van der Waals surface area contributed by atoms with Gasteiger partial charge < -0.3 is 4.90 Å². The predicted octanol–water partition coefficient (Wildman–Crippen LogP) is 4.61. The fourth-order valence-corrected chi connectivity index (χ4v) is 4.60. The molecule has 3 nitrogen and oxygen atoms in total. The molecule has 1 aliphatic heterocycles. The van der Waals surface area contributed by atoms with Crippen molar-refractivity contribution in [2.75, 3.05) is 6.54 Å². The average Bonchev–Trinajstić information content (AvgIpc) is 3.13. The first-order valence-electron chi connectivity index (χ1n) is 8.80. The third-order valence-electron chi connectivity index (χ3n) is 5.39. The number of likely N-dealkylation sites (tertiary alicyclic amines) is 1. The van der Waals surface area contributed by atoms with Gasteiger partial charge in [-0.1, -0.05) is 44.3 Å². The molecule has 0 amide bonds. The zero-order valence-corrected chi connectivity index (χ0v) is 14.8. The van der Waals surface area contributed by atoms with Crippen LogP contribution in [-0.4, -0.2) is 32.3 Å². The minimum atomic E-state index is -2.83. The van der Waals surface area contributed by atoms with Gasteiger partial charge in [-0.15, -0.1) is 0 Å². The molecular weight excluding hydrogens is 335 g/mol. The largest absolute Gasteiger partial charge is 0.359 e. The second kappa shape index (κ2) is 7.42. The van der Waals surface area contributed by atoms with E-state index in [0.29, 0.717) is 12.5 Å². The molecule has 1 unspecified atom stereocenters. The Morgan fingerprint density at radius 3 is 2.58 bits per heavy atom. The fourth-order valence-electron chi connectivity index (χ4n) is 4.17. The van der Waals surface area contributed by atoms with Gasteiger partial charge in [0.1, 0.15) is 10.7 Å². The van der Waals surface area contributed by atoms with E-state index in [0.717, 1.165) is 23.9 Å². The Labute approximate surface area is 146 Å². The molecular formula is C17H24F3N3S. The van der Waals surface area contributed by atoms with Crippen LogP contribution in [0.3, 0.4) is 0 Å². The van der Waals surface area contributed by atoms with Crippen LogP contribution in [0, 0.1) is 11.9 Å². The van der Waals surface area contributed by atoms with Crippen molar-refractivity contribution in [2.45, 2.75) is 63.8 Å². The zero-order valence-electron chi connectivity index (χ0n) is 14.0. The van der Waals surface area contributed by atoms with E-state index in [1.54, 1.807) is 0 Å². The van der Waals surface area contributed by atoms with Crippen LogP contribution >= 0.6 is 12.2 Å². The van der Waals surface area contributed by atoms with E-state index < -0.39 is 18.1 Å². The summed E-state index contributed by atoms with van der Waals surface area (Å²) in [6.07, 6.45) is 6.51. The highest BCUT2D eigenvalue weighted by atomic mass is 32.1. The third kappa shape index (κ3) is 3.46. The molecule has 0 spiro atoms. The van der Waals surface area contributed by atoms with E-state index in [-0.39, 0.29) is 16.6 Å². The summed E-state index contributed by atoms with van der Waals surface area (Å²) < 4.78 is 41.6. The molecule has 1 saturated heterocycles. The van der Waals surface area contributed by atoms with Crippen molar-refractivity contribution in [1.82, 2.24) is 14.7 Å². The number of rotatable bonds is 4. The normalized spacial score (nSPS) is 22.5. The maximum absolute atomic E-state index is 14.3. The second-order valence-electron chi connectivity index (χ2n) is 7.01. The summed E-state index contributed by atoms with van der Waals surface area (Å²) in [7, 11) is 1.33. The van der Waals surface area contributed by atoms with Crippen LogP contribution in [0.4, 0.5) is 13.2 Å². The highest BCUT2D eigenvalue weighted by Crippen LogP contribution is 2.34. The van der Waals surface area contributed by atoms with Gasteiger partial charge in [-0.05, 0) is 25.2 Å². The van der Waals surface area contributed by atoms with Gasteiger partial charge in [-0.3, -0.25) is 0 Å². The van der Waals surface area contributed by atoms with Crippen LogP contribution in [0.5, 0.6) is 0 Å². The van der Waals surface area contributed by atoms with Crippen LogP contribution < -0.4 is 0 Å². The number of halogens is 3. The smallest absolute Gasteiger partial charge is 0.282 e. The second-order valence-corrected chi connectivity index (χ2v) is 7.40. The molecule has 1 aromatic rings. The third-order valence-corrected chi connectivity index (χ3v) is 5.83. The lowest BCUT2D eigenvalue weighted by Crippen LogP contribution is -2.37. The van der Waals surface area contributed by atoms with Crippen LogP contribution in [-0.2, 0) is 7.05 Å². The van der Waals surface area contributed by atoms with E-state index >= 15 is 0 Å². The van der Waals surface area contributed by atoms with Gasteiger partial charge in [0, 0.05) is 19.6 Å². The van der Waals surface area contributed by atoms with Crippen LogP contribution in [0.15, 0.2) is 0 Å². The summed E-state index contributed by atoms with van der Waals surface area (Å²) in [4.78, 5) is 2.17. The first kappa shape index (κ1) is 17.7. The van der Waals surface area contributed by atoms with Crippen molar-refractivity contribution < 1.29 is 13.2 Å². The van der Waals surface area contributed by atoms with Crippen molar-refractivity contribution in [2.24, 2.45) is 13.0 Å². The molecule has 1 aromatic heterocycles. The lowest BCUT2D eigenvalue weighted by atomic mass is 9.84. The fraction of sp³-hybridized carbons (Fsp3) is 0.765. The standard InChI is InChI=1S/C17H24F3N3S/c1-22-16(20)13(14(21-22)15(18)19)17(24)23-9-5-8-12(23)10-11-6-3-2-4-7-11/h11-12,15H,2-10H2,1H3. The van der Waals surface area contributed by atoms with Gasteiger partial charge in [-0.25, -0.2) is 13.5 Å². The highest BCUT2D eigenvalue weighted by Gasteiger charge is 2.34. The van der Waals surface area contributed by atoms with Crippen molar-refractivity contribution in [3.63, 3.8) is 0 Å². The number of nitrogens with zero attached hydrogens (tertiary/aromatic N) is 3. The van der Waals surface area contributed by atoms with Crippen LogP contribution in [0.25, 0.3) is 0 Å². The van der Waals surface area contributed by atoms with Gasteiger partial charge in [0.25, 0.3) is 6.43 Å². The van der Waals surface area contributed by atoms with Gasteiger partial charge >= 0.3 is 0 Å². The molecule has 2 aliphatic rings. The van der Waals surface area contributed by atoms with E-state index in [1.165, 1.54) is 39.2 Å². The Hall–Kier alpha value is -1.11. The van der Waals surface area contributed by atoms with Crippen molar-refractivity contribution in [3.05, 3.63) is 17.2 Å². The van der Waals surface area contributed by atoms with E-state index in [2.05, 4.69) is 5.10 Å². The quantitative estimate of drug-likeness (QED) is 0.733. The van der Waals surface area contributed by atoms with Gasteiger partial charge in [0.15, 0.2) is 0 Å². The highest BCUT2D eigenvalue weighted by molar-refractivity contribution is 7.80. The molecule has 134 valence electrons. The Morgan fingerprint density at radius 2 is 1.92 bits per heavy atom. The van der Waals surface area contributed by atoms with Crippen LogP contribution in [0.1, 0.15) is 69.0 Å². The molecule has 0 radical (unpaired) electrons. The Morgan fingerprint density at radius 1 is 1.21 bits per heavy atom. The zero-order chi connectivity index (χ0) is 17.3. The van der Waals surface area contributed by atoms with E-state index in [1.807, 2.05) is 4.90 Å². The molecule has 1 aliphatic carbocycles. The molecule has 24 heavy (non-hydrogen) atoms. The topological polar surface area (TPSA) is 21.1 Å². The minimum Gasteiger partial charge on any atom is -0.359 e. The first-order valence-corrected chi connectivity index (χ1v) is 9.21. The van der Waals surface area contributed by atoms with E-state index in [9.17, 15) is 13.2 Å². The van der Waals surface area contributed by atoms with Crippen molar-refractivity contribution in [3.8, 4) is 0 Å². The summed E-state index contributed by atoms with van der Waals surface area (Å²) in [6.45, 7) is 0.716. The Kier molecular flexibility index (Phi) is 5.47. The summed E-state index contributed by atoms with van der Waals surface area (Å²) in [6, 6.07) is 0.241. The number of aryl methyl sites for hydroxylation is 1. The molecule has 3 rings (SSSR count). The lowest BCUT2D eigenvalue weighted by molar-refractivity contribution is 0.145. The van der Waals surface area contributed by atoms with E-state index in [4.69, 9.17) is 12.2 Å². The molecule has 1 atom stereocenters. The van der Waals surface area contributed by atoms with Gasteiger partial charge in [0.05, 0.1) is 5.56 Å². The molecule has 0 N–H and O–H groups in total. The Balaban J connectivity index is 1.78. The molecule has 2 fully saturated rings. The number of alkyl halides is 2. The summed E-state index contributed by atoms with van der Waals surface area (Å²) in [5.41, 5.74) is -0.721. The molecule has 0 bridgehead atoms. The van der Waals surface area contributed by atoms with Crippen LogP contribution in [0.2, 0.25) is 0 Å². The maximum Gasteiger partial charge on any atom is 0.282 e. The molecule has 2 heterocycles. The lowest BCUT2D eigenvalue weighted by Gasteiger charge is -2.31. The van der Waals surface area contributed by atoms with Crippen molar-refractivity contribution in [1.29, 1.82) is 0 Å². The SMILES string of the molecule is Cn1nc(C(F)F)c(C(=S)N2CCCC2CC2CCCCC2)c1F. The monoisotopic (exact) mass is 359 g/mol.